The maximum absolute atomic E-state index is 11.8. The predicted molar refractivity (Wildman–Crippen MR) is 66.7 cm³/mol. The molecule has 0 N–H and O–H groups in total. The monoisotopic (exact) mass is 271 g/mol. The van der Waals surface area contributed by atoms with Gasteiger partial charge in [-0.05, 0) is 25.8 Å². The average molecular weight is 271 g/mol. The lowest BCUT2D eigenvalue weighted by molar-refractivity contribution is 0.119. The maximum Gasteiger partial charge on any atom is 0.316 e. The van der Waals surface area contributed by atoms with E-state index in [9.17, 15) is 8.42 Å². The van der Waals surface area contributed by atoms with Crippen molar-refractivity contribution in [2.45, 2.75) is 25.9 Å². The van der Waals surface area contributed by atoms with Gasteiger partial charge in [0.2, 0.25) is 10.0 Å². The zero-order chi connectivity index (χ0) is 13.0. The van der Waals surface area contributed by atoms with Crippen molar-refractivity contribution in [2.75, 3.05) is 18.8 Å². The third-order valence-electron chi connectivity index (χ3n) is 2.91. The third-order valence-corrected chi connectivity index (χ3v) is 4.76. The number of aromatic nitrogens is 2. The Morgan fingerprint density at radius 2 is 2.17 bits per heavy atom. The van der Waals surface area contributed by atoms with E-state index in [1.54, 1.807) is 25.4 Å². The quantitative estimate of drug-likeness (QED) is 0.804. The Balaban J connectivity index is 1.99. The zero-order valence-corrected chi connectivity index (χ0v) is 11.1. The van der Waals surface area contributed by atoms with Crippen LogP contribution in [0.2, 0.25) is 0 Å². The molecule has 1 aromatic rings. The van der Waals surface area contributed by atoms with Gasteiger partial charge < -0.3 is 4.74 Å². The first-order chi connectivity index (χ1) is 8.62. The highest BCUT2D eigenvalue weighted by molar-refractivity contribution is 7.89. The maximum atomic E-state index is 11.8. The molecular formula is C11H17N3O3S. The molecule has 1 fully saturated rings. The fraction of sp³-hybridized carbons (Fsp3) is 0.636. The van der Waals surface area contributed by atoms with Gasteiger partial charge in [-0.25, -0.2) is 18.4 Å². The van der Waals surface area contributed by atoms with Crippen LogP contribution in [0.4, 0.5) is 0 Å². The van der Waals surface area contributed by atoms with Crippen LogP contribution in [0.5, 0.6) is 6.01 Å². The predicted octanol–water partition coefficient (Wildman–Crippen LogP) is 0.669. The van der Waals surface area contributed by atoms with Gasteiger partial charge in [-0.3, -0.25) is 0 Å². The Hall–Kier alpha value is -1.21. The number of hydrogen-bond acceptors (Lipinski definition) is 5. The molecule has 7 heteroatoms. The summed E-state index contributed by atoms with van der Waals surface area (Å²) in [6.07, 6.45) is 4.67. The van der Waals surface area contributed by atoms with Crippen LogP contribution in [0.1, 0.15) is 19.8 Å². The van der Waals surface area contributed by atoms with Gasteiger partial charge >= 0.3 is 6.01 Å². The molecule has 1 aliphatic heterocycles. The van der Waals surface area contributed by atoms with Gasteiger partial charge in [0.25, 0.3) is 0 Å². The van der Waals surface area contributed by atoms with Gasteiger partial charge in [-0.2, -0.15) is 4.31 Å². The summed E-state index contributed by atoms with van der Waals surface area (Å²) in [5.74, 6) is 0.127. The van der Waals surface area contributed by atoms with Gasteiger partial charge in [0.1, 0.15) is 6.10 Å². The fourth-order valence-corrected chi connectivity index (χ4v) is 3.10. The van der Waals surface area contributed by atoms with Gasteiger partial charge in [0.15, 0.2) is 0 Å². The van der Waals surface area contributed by atoms with Crippen molar-refractivity contribution in [3.05, 3.63) is 18.5 Å². The minimum atomic E-state index is -3.13. The van der Waals surface area contributed by atoms with Crippen LogP contribution in [-0.2, 0) is 10.0 Å². The van der Waals surface area contributed by atoms with Crippen molar-refractivity contribution in [3.8, 4) is 6.01 Å². The average Bonchev–Trinajstić information content (AvgIpc) is 2.40. The zero-order valence-electron chi connectivity index (χ0n) is 10.3. The van der Waals surface area contributed by atoms with Crippen LogP contribution in [0.25, 0.3) is 0 Å². The molecular weight excluding hydrogens is 254 g/mol. The molecule has 1 aliphatic rings. The molecule has 1 atom stereocenters. The topological polar surface area (TPSA) is 72.4 Å². The molecule has 0 aromatic carbocycles. The molecule has 6 nitrogen and oxygen atoms in total. The van der Waals surface area contributed by atoms with Gasteiger partial charge in [0.05, 0.1) is 12.3 Å². The molecule has 1 unspecified atom stereocenters. The number of sulfonamides is 1. The molecule has 100 valence electrons. The lowest BCUT2D eigenvalue weighted by Gasteiger charge is -2.31. The standard InChI is InChI=1S/C11H17N3O3S/c1-2-18(15,16)14-8-3-5-10(9-14)17-11-12-6-4-7-13-11/h4,6-7,10H,2-3,5,8-9H2,1H3. The van der Waals surface area contributed by atoms with Gasteiger partial charge in [-0.1, -0.05) is 0 Å². The first-order valence-corrected chi connectivity index (χ1v) is 7.64. The molecule has 18 heavy (non-hydrogen) atoms. The molecule has 0 radical (unpaired) electrons. The molecule has 0 amide bonds. The van der Waals surface area contributed by atoms with Crippen molar-refractivity contribution in [3.63, 3.8) is 0 Å². The Bertz CT molecular complexity index is 478. The Morgan fingerprint density at radius 1 is 1.44 bits per heavy atom. The van der Waals surface area contributed by atoms with Crippen molar-refractivity contribution < 1.29 is 13.2 Å². The largest absolute Gasteiger partial charge is 0.459 e. The molecule has 0 spiro atoms. The number of hydrogen-bond donors (Lipinski definition) is 0. The van der Waals surface area contributed by atoms with Crippen LogP contribution in [0.15, 0.2) is 18.5 Å². The van der Waals surface area contributed by atoms with Crippen LogP contribution in [-0.4, -0.2) is 47.6 Å². The molecule has 0 aliphatic carbocycles. The van der Waals surface area contributed by atoms with Gasteiger partial charge in [0, 0.05) is 18.9 Å². The lowest BCUT2D eigenvalue weighted by atomic mass is 10.1. The van der Waals surface area contributed by atoms with E-state index in [1.165, 1.54) is 4.31 Å². The highest BCUT2D eigenvalue weighted by Crippen LogP contribution is 2.17. The SMILES string of the molecule is CCS(=O)(=O)N1CCCC(Oc2ncccn2)C1. The van der Waals surface area contributed by atoms with E-state index < -0.39 is 10.0 Å². The first kappa shape index (κ1) is 13.2. The number of ether oxygens (including phenoxy) is 1. The number of nitrogens with zero attached hydrogens (tertiary/aromatic N) is 3. The summed E-state index contributed by atoms with van der Waals surface area (Å²) in [6.45, 7) is 2.61. The van der Waals surface area contributed by atoms with Crippen LogP contribution < -0.4 is 4.74 Å². The smallest absolute Gasteiger partial charge is 0.316 e. The first-order valence-electron chi connectivity index (χ1n) is 6.03. The highest BCUT2D eigenvalue weighted by atomic mass is 32.2. The highest BCUT2D eigenvalue weighted by Gasteiger charge is 2.28. The summed E-state index contributed by atoms with van der Waals surface area (Å²) in [7, 11) is -3.13. The third kappa shape index (κ3) is 3.17. The summed E-state index contributed by atoms with van der Waals surface area (Å²) >= 11 is 0. The Labute approximate surface area is 107 Å². The second kappa shape index (κ2) is 5.62. The van der Waals surface area contributed by atoms with Crippen LogP contribution in [0, 0.1) is 0 Å². The van der Waals surface area contributed by atoms with E-state index in [2.05, 4.69) is 9.97 Å². The van der Waals surface area contributed by atoms with Gasteiger partial charge in [-0.15, -0.1) is 0 Å². The van der Waals surface area contributed by atoms with E-state index in [1.807, 2.05) is 0 Å². The Kier molecular flexibility index (Phi) is 4.13. The van der Waals surface area contributed by atoms with Crippen molar-refractivity contribution >= 4 is 10.0 Å². The molecule has 2 rings (SSSR count). The van der Waals surface area contributed by atoms with E-state index in [0.717, 1.165) is 12.8 Å². The van der Waals surface area contributed by atoms with E-state index >= 15 is 0 Å². The van der Waals surface area contributed by atoms with E-state index in [4.69, 9.17) is 4.74 Å². The summed E-state index contributed by atoms with van der Waals surface area (Å²) < 4.78 is 30.7. The molecule has 1 saturated heterocycles. The lowest BCUT2D eigenvalue weighted by Crippen LogP contribution is -2.45. The summed E-state index contributed by atoms with van der Waals surface area (Å²) in [5, 5.41) is 0. The second-order valence-corrected chi connectivity index (χ2v) is 6.43. The number of rotatable bonds is 4. The Morgan fingerprint density at radius 3 is 2.83 bits per heavy atom. The van der Waals surface area contributed by atoms with Crippen molar-refractivity contribution in [2.24, 2.45) is 0 Å². The summed E-state index contributed by atoms with van der Waals surface area (Å²) in [4.78, 5) is 7.96. The minimum Gasteiger partial charge on any atom is -0.459 e. The molecule has 0 saturated carbocycles. The second-order valence-electron chi connectivity index (χ2n) is 4.17. The fourth-order valence-electron chi connectivity index (χ4n) is 1.93. The molecule has 2 heterocycles. The van der Waals surface area contributed by atoms with Crippen molar-refractivity contribution in [1.29, 1.82) is 0 Å². The van der Waals surface area contributed by atoms with Crippen molar-refractivity contribution in [1.82, 2.24) is 14.3 Å². The van der Waals surface area contributed by atoms with E-state index in [-0.39, 0.29) is 11.9 Å². The normalized spacial score (nSPS) is 21.7. The summed E-state index contributed by atoms with van der Waals surface area (Å²) in [6, 6.07) is 2.01. The van der Waals surface area contributed by atoms with E-state index in [0.29, 0.717) is 19.1 Å². The minimum absolute atomic E-state index is 0.127. The van der Waals surface area contributed by atoms with Crippen LogP contribution in [0.3, 0.4) is 0 Å². The number of piperidine rings is 1. The molecule has 0 bridgehead atoms. The molecule has 1 aromatic heterocycles. The van der Waals surface area contributed by atoms with Crippen LogP contribution >= 0.6 is 0 Å². The summed E-state index contributed by atoms with van der Waals surface area (Å²) in [5.41, 5.74) is 0.